The third kappa shape index (κ3) is 2.89. The highest BCUT2D eigenvalue weighted by atomic mass is 19.4. The molecule has 1 N–H and O–H groups in total. The average molecular weight is 307 g/mol. The third-order valence-electron chi connectivity index (χ3n) is 3.98. The molecule has 0 aromatic heterocycles. The minimum Gasteiger partial charge on any atom is -0.508 e. The second kappa shape index (κ2) is 5.55. The monoisotopic (exact) mass is 307 g/mol. The van der Waals surface area contributed by atoms with Gasteiger partial charge in [-0.25, -0.2) is 0 Å². The Morgan fingerprint density at radius 2 is 1.86 bits per heavy atom. The Bertz CT molecular complexity index is 682. The lowest BCUT2D eigenvalue weighted by Crippen LogP contribution is -2.28. The molecular formula is C17H16F3NO. The SMILES string of the molecule is Oc1cc(C(F)(F)F)ccc1CN1CCCc2ccccc21. The van der Waals surface area contributed by atoms with Gasteiger partial charge in [-0.1, -0.05) is 24.3 Å². The highest BCUT2D eigenvalue weighted by molar-refractivity contribution is 5.56. The molecule has 0 saturated heterocycles. The van der Waals surface area contributed by atoms with Crippen LogP contribution in [0.3, 0.4) is 0 Å². The molecule has 116 valence electrons. The van der Waals surface area contributed by atoms with Crippen LogP contribution >= 0.6 is 0 Å². The lowest BCUT2D eigenvalue weighted by atomic mass is 10.0. The fraction of sp³-hybridized carbons (Fsp3) is 0.294. The summed E-state index contributed by atoms with van der Waals surface area (Å²) in [5.74, 6) is -0.308. The van der Waals surface area contributed by atoms with E-state index in [0.29, 0.717) is 12.1 Å². The molecule has 1 heterocycles. The van der Waals surface area contributed by atoms with E-state index in [-0.39, 0.29) is 5.75 Å². The van der Waals surface area contributed by atoms with E-state index >= 15 is 0 Å². The Balaban J connectivity index is 1.86. The van der Waals surface area contributed by atoms with Crippen molar-refractivity contribution in [2.45, 2.75) is 25.6 Å². The lowest BCUT2D eigenvalue weighted by molar-refractivity contribution is -0.137. The van der Waals surface area contributed by atoms with Gasteiger partial charge in [-0.3, -0.25) is 0 Å². The van der Waals surface area contributed by atoms with Gasteiger partial charge < -0.3 is 10.0 Å². The fourth-order valence-corrected chi connectivity index (χ4v) is 2.86. The molecule has 0 spiro atoms. The van der Waals surface area contributed by atoms with Crippen LogP contribution in [0.25, 0.3) is 0 Å². The zero-order chi connectivity index (χ0) is 15.7. The van der Waals surface area contributed by atoms with Crippen molar-refractivity contribution in [1.29, 1.82) is 0 Å². The second-order valence-corrected chi connectivity index (χ2v) is 5.50. The van der Waals surface area contributed by atoms with Gasteiger partial charge in [-0.15, -0.1) is 0 Å². The van der Waals surface area contributed by atoms with E-state index in [1.165, 1.54) is 11.6 Å². The molecule has 2 aromatic rings. The first-order valence-electron chi connectivity index (χ1n) is 7.17. The molecule has 3 rings (SSSR count). The van der Waals surface area contributed by atoms with Crippen LogP contribution in [-0.4, -0.2) is 11.7 Å². The Hall–Kier alpha value is -2.17. The van der Waals surface area contributed by atoms with E-state index in [2.05, 4.69) is 11.0 Å². The number of hydrogen-bond acceptors (Lipinski definition) is 2. The quantitative estimate of drug-likeness (QED) is 0.891. The minimum atomic E-state index is -4.44. The summed E-state index contributed by atoms with van der Waals surface area (Å²) in [5.41, 5.74) is 2.01. The standard InChI is InChI=1S/C17H16F3NO/c18-17(19,20)14-8-7-13(16(22)10-14)11-21-9-3-5-12-4-1-2-6-15(12)21/h1-2,4,6-8,10,22H,3,5,9,11H2. The molecule has 0 aliphatic carbocycles. The average Bonchev–Trinajstić information content (AvgIpc) is 2.48. The summed E-state index contributed by atoms with van der Waals surface area (Å²) in [6, 6.07) is 11.2. The maximum absolute atomic E-state index is 12.6. The summed E-state index contributed by atoms with van der Waals surface area (Å²) in [5, 5.41) is 9.91. The smallest absolute Gasteiger partial charge is 0.416 e. The number of para-hydroxylation sites is 1. The van der Waals surface area contributed by atoms with Crippen molar-refractivity contribution in [2.24, 2.45) is 0 Å². The first-order chi connectivity index (χ1) is 10.4. The largest absolute Gasteiger partial charge is 0.508 e. The van der Waals surface area contributed by atoms with Crippen LogP contribution in [0.4, 0.5) is 18.9 Å². The molecule has 0 bridgehead atoms. The number of hydrogen-bond donors (Lipinski definition) is 1. The Morgan fingerprint density at radius 3 is 2.59 bits per heavy atom. The number of fused-ring (bicyclic) bond motifs is 1. The summed E-state index contributed by atoms with van der Waals surface area (Å²) in [4.78, 5) is 2.10. The van der Waals surface area contributed by atoms with Crippen molar-refractivity contribution in [3.63, 3.8) is 0 Å². The van der Waals surface area contributed by atoms with Crippen LogP contribution in [0.2, 0.25) is 0 Å². The van der Waals surface area contributed by atoms with Crippen LogP contribution in [0, 0.1) is 0 Å². The zero-order valence-electron chi connectivity index (χ0n) is 11.9. The number of alkyl halides is 3. The van der Waals surface area contributed by atoms with E-state index in [1.807, 2.05) is 18.2 Å². The van der Waals surface area contributed by atoms with Gasteiger partial charge in [-0.2, -0.15) is 13.2 Å². The van der Waals surface area contributed by atoms with E-state index in [9.17, 15) is 18.3 Å². The molecule has 1 aliphatic rings. The number of rotatable bonds is 2. The van der Waals surface area contributed by atoms with Crippen LogP contribution in [-0.2, 0) is 19.1 Å². The van der Waals surface area contributed by atoms with Crippen molar-refractivity contribution in [3.05, 3.63) is 59.2 Å². The number of aromatic hydroxyl groups is 1. The van der Waals surface area contributed by atoms with Crippen LogP contribution in [0.15, 0.2) is 42.5 Å². The summed E-state index contributed by atoms with van der Waals surface area (Å²) in [6.45, 7) is 1.23. The van der Waals surface area contributed by atoms with E-state index in [0.717, 1.165) is 37.2 Å². The first kappa shape index (κ1) is 14.8. The highest BCUT2D eigenvalue weighted by Crippen LogP contribution is 2.34. The highest BCUT2D eigenvalue weighted by Gasteiger charge is 2.31. The number of anilines is 1. The van der Waals surface area contributed by atoms with Gasteiger partial charge in [0.05, 0.1) is 5.56 Å². The lowest BCUT2D eigenvalue weighted by Gasteiger charge is -2.31. The Morgan fingerprint density at radius 1 is 1.09 bits per heavy atom. The summed E-state index contributed by atoms with van der Waals surface area (Å²) in [7, 11) is 0. The number of aryl methyl sites for hydroxylation is 1. The molecule has 0 fully saturated rings. The maximum Gasteiger partial charge on any atom is 0.416 e. The molecule has 2 aromatic carbocycles. The second-order valence-electron chi connectivity index (χ2n) is 5.50. The number of phenolic OH excluding ortho intramolecular Hbond substituents is 1. The van der Waals surface area contributed by atoms with Gasteiger partial charge in [-0.05, 0) is 36.6 Å². The van der Waals surface area contributed by atoms with Crippen LogP contribution in [0.1, 0.15) is 23.1 Å². The van der Waals surface area contributed by atoms with Crippen molar-refractivity contribution in [1.82, 2.24) is 0 Å². The Labute approximate surface area is 126 Å². The van der Waals surface area contributed by atoms with Gasteiger partial charge in [0.1, 0.15) is 5.75 Å². The number of nitrogens with zero attached hydrogens (tertiary/aromatic N) is 1. The molecule has 0 atom stereocenters. The van der Waals surface area contributed by atoms with Crippen molar-refractivity contribution in [3.8, 4) is 5.75 Å². The molecule has 1 aliphatic heterocycles. The molecule has 5 heteroatoms. The topological polar surface area (TPSA) is 23.5 Å². The van der Waals surface area contributed by atoms with Gasteiger partial charge in [0.25, 0.3) is 0 Å². The third-order valence-corrected chi connectivity index (χ3v) is 3.98. The molecular weight excluding hydrogens is 291 g/mol. The van der Waals surface area contributed by atoms with Crippen molar-refractivity contribution >= 4 is 5.69 Å². The van der Waals surface area contributed by atoms with Crippen LogP contribution < -0.4 is 4.90 Å². The Kier molecular flexibility index (Phi) is 3.72. The zero-order valence-corrected chi connectivity index (χ0v) is 11.9. The van der Waals surface area contributed by atoms with Crippen LogP contribution in [0.5, 0.6) is 5.75 Å². The summed E-state index contributed by atoms with van der Waals surface area (Å²) >= 11 is 0. The van der Waals surface area contributed by atoms with E-state index in [4.69, 9.17) is 0 Å². The number of benzene rings is 2. The number of phenols is 1. The van der Waals surface area contributed by atoms with E-state index in [1.54, 1.807) is 0 Å². The molecule has 22 heavy (non-hydrogen) atoms. The normalized spacial score (nSPS) is 14.8. The summed E-state index contributed by atoms with van der Waals surface area (Å²) < 4.78 is 37.9. The fourth-order valence-electron chi connectivity index (χ4n) is 2.86. The molecule has 2 nitrogen and oxygen atoms in total. The van der Waals surface area contributed by atoms with Gasteiger partial charge in [0.2, 0.25) is 0 Å². The minimum absolute atomic E-state index is 0.308. The molecule has 0 saturated carbocycles. The van der Waals surface area contributed by atoms with Gasteiger partial charge in [0.15, 0.2) is 0 Å². The predicted molar refractivity (Wildman–Crippen MR) is 78.9 cm³/mol. The molecule has 0 unspecified atom stereocenters. The van der Waals surface area contributed by atoms with Crippen molar-refractivity contribution < 1.29 is 18.3 Å². The number of halogens is 3. The predicted octanol–water partition coefficient (Wildman–Crippen LogP) is 4.36. The van der Waals surface area contributed by atoms with Gasteiger partial charge in [0, 0.05) is 24.3 Å². The summed E-state index contributed by atoms with van der Waals surface area (Å²) in [6.07, 6.45) is -2.43. The molecule has 0 amide bonds. The van der Waals surface area contributed by atoms with Gasteiger partial charge >= 0.3 is 6.18 Å². The first-order valence-corrected chi connectivity index (χ1v) is 7.17. The molecule has 0 radical (unpaired) electrons. The van der Waals surface area contributed by atoms with Crippen molar-refractivity contribution in [2.75, 3.05) is 11.4 Å². The van der Waals surface area contributed by atoms with E-state index < -0.39 is 11.7 Å². The maximum atomic E-state index is 12.6.